The molecule has 0 aliphatic carbocycles. The fraction of sp³-hybridized carbons (Fsp3) is 0.900. The van der Waals surface area contributed by atoms with E-state index >= 15 is 0 Å². The van der Waals surface area contributed by atoms with E-state index in [1.54, 1.807) is 0 Å². The number of carbonyl (C=O) groups is 1. The SMILES string of the molecule is O=C(NCCCCCO)C1CCNC1. The standard InChI is InChI=1S/C10H20N2O2/c13-7-3-1-2-5-12-10(14)9-4-6-11-8-9/h9,11,13H,1-8H2,(H,12,14). The molecule has 3 N–H and O–H groups in total. The Kier molecular flexibility index (Phi) is 5.56. The second kappa shape index (κ2) is 6.79. The summed E-state index contributed by atoms with van der Waals surface area (Å²) >= 11 is 0. The average molecular weight is 200 g/mol. The molecule has 0 aromatic carbocycles. The summed E-state index contributed by atoms with van der Waals surface area (Å²) in [6.07, 6.45) is 3.75. The highest BCUT2D eigenvalue weighted by Gasteiger charge is 2.21. The highest BCUT2D eigenvalue weighted by Crippen LogP contribution is 2.06. The van der Waals surface area contributed by atoms with Gasteiger partial charge in [-0.25, -0.2) is 0 Å². The van der Waals surface area contributed by atoms with Crippen molar-refractivity contribution in [1.29, 1.82) is 0 Å². The molecule has 1 aliphatic rings. The molecule has 1 heterocycles. The van der Waals surface area contributed by atoms with Gasteiger partial charge in [0, 0.05) is 19.7 Å². The molecular weight excluding hydrogens is 180 g/mol. The summed E-state index contributed by atoms with van der Waals surface area (Å²) in [5.74, 6) is 0.354. The van der Waals surface area contributed by atoms with Crippen LogP contribution in [0.5, 0.6) is 0 Å². The zero-order valence-corrected chi connectivity index (χ0v) is 8.59. The molecule has 82 valence electrons. The van der Waals surface area contributed by atoms with Crippen LogP contribution < -0.4 is 10.6 Å². The van der Waals surface area contributed by atoms with E-state index in [1.807, 2.05) is 0 Å². The number of nitrogens with one attached hydrogen (secondary N) is 2. The van der Waals surface area contributed by atoms with E-state index in [0.29, 0.717) is 0 Å². The van der Waals surface area contributed by atoms with Crippen molar-refractivity contribution in [1.82, 2.24) is 10.6 Å². The summed E-state index contributed by atoms with van der Waals surface area (Å²) in [6.45, 7) is 2.78. The molecule has 14 heavy (non-hydrogen) atoms. The highest BCUT2D eigenvalue weighted by molar-refractivity contribution is 5.79. The molecular formula is C10H20N2O2. The number of unbranched alkanes of at least 4 members (excludes halogenated alkanes) is 2. The first-order valence-corrected chi connectivity index (χ1v) is 5.44. The maximum Gasteiger partial charge on any atom is 0.224 e. The van der Waals surface area contributed by atoms with Crippen LogP contribution in [0.4, 0.5) is 0 Å². The van der Waals surface area contributed by atoms with Gasteiger partial charge in [-0.1, -0.05) is 0 Å². The summed E-state index contributed by atoms with van der Waals surface area (Å²) in [5.41, 5.74) is 0. The molecule has 1 unspecified atom stereocenters. The van der Waals surface area contributed by atoms with Crippen LogP contribution >= 0.6 is 0 Å². The molecule has 1 saturated heterocycles. The van der Waals surface area contributed by atoms with Gasteiger partial charge < -0.3 is 15.7 Å². The molecule has 1 fully saturated rings. The normalized spacial score (nSPS) is 21.1. The second-order valence-electron chi connectivity index (χ2n) is 3.77. The van der Waals surface area contributed by atoms with E-state index < -0.39 is 0 Å². The van der Waals surface area contributed by atoms with Crippen molar-refractivity contribution < 1.29 is 9.90 Å². The molecule has 4 heteroatoms. The van der Waals surface area contributed by atoms with Gasteiger partial charge in [0.15, 0.2) is 0 Å². The first kappa shape index (κ1) is 11.5. The van der Waals surface area contributed by atoms with Crippen molar-refractivity contribution in [3.05, 3.63) is 0 Å². The number of carbonyl (C=O) groups excluding carboxylic acids is 1. The summed E-state index contributed by atoms with van der Waals surface area (Å²) in [5, 5.41) is 14.6. The van der Waals surface area contributed by atoms with E-state index in [-0.39, 0.29) is 18.4 Å². The van der Waals surface area contributed by atoms with Gasteiger partial charge in [0.25, 0.3) is 0 Å². The lowest BCUT2D eigenvalue weighted by atomic mass is 10.1. The Morgan fingerprint density at radius 1 is 1.43 bits per heavy atom. The van der Waals surface area contributed by atoms with Crippen LogP contribution in [0.25, 0.3) is 0 Å². The maximum atomic E-state index is 11.5. The minimum Gasteiger partial charge on any atom is -0.396 e. The van der Waals surface area contributed by atoms with Crippen LogP contribution in [0.3, 0.4) is 0 Å². The van der Waals surface area contributed by atoms with Gasteiger partial charge in [0.1, 0.15) is 0 Å². The van der Waals surface area contributed by atoms with Gasteiger partial charge in [-0.2, -0.15) is 0 Å². The third-order valence-electron chi connectivity index (χ3n) is 2.57. The van der Waals surface area contributed by atoms with Crippen LogP contribution in [-0.4, -0.2) is 37.3 Å². The fourth-order valence-corrected chi connectivity index (χ4v) is 1.65. The predicted molar refractivity (Wildman–Crippen MR) is 54.9 cm³/mol. The smallest absolute Gasteiger partial charge is 0.224 e. The Bertz CT molecular complexity index is 168. The average Bonchev–Trinajstić information content (AvgIpc) is 2.70. The van der Waals surface area contributed by atoms with Crippen LogP contribution in [0.15, 0.2) is 0 Å². The second-order valence-corrected chi connectivity index (χ2v) is 3.77. The lowest BCUT2D eigenvalue weighted by Crippen LogP contribution is -2.32. The van der Waals surface area contributed by atoms with Gasteiger partial charge in [0.05, 0.1) is 5.92 Å². The van der Waals surface area contributed by atoms with Gasteiger partial charge >= 0.3 is 0 Å². The molecule has 1 aliphatic heterocycles. The molecule has 1 amide bonds. The zero-order valence-electron chi connectivity index (χ0n) is 8.59. The largest absolute Gasteiger partial charge is 0.396 e. The Labute approximate surface area is 85.1 Å². The third-order valence-corrected chi connectivity index (χ3v) is 2.57. The van der Waals surface area contributed by atoms with Crippen molar-refractivity contribution in [2.75, 3.05) is 26.2 Å². The lowest BCUT2D eigenvalue weighted by molar-refractivity contribution is -0.124. The molecule has 0 aromatic heterocycles. The van der Waals surface area contributed by atoms with Crippen molar-refractivity contribution in [2.45, 2.75) is 25.7 Å². The molecule has 0 radical (unpaired) electrons. The van der Waals surface area contributed by atoms with Crippen molar-refractivity contribution >= 4 is 5.91 Å². The van der Waals surface area contributed by atoms with Crippen molar-refractivity contribution in [2.24, 2.45) is 5.92 Å². The van der Waals surface area contributed by atoms with Gasteiger partial charge in [-0.05, 0) is 32.2 Å². The zero-order chi connectivity index (χ0) is 10.2. The summed E-state index contributed by atoms with van der Waals surface area (Å²) < 4.78 is 0. The van der Waals surface area contributed by atoms with Crippen LogP contribution in [-0.2, 0) is 4.79 Å². The first-order chi connectivity index (χ1) is 6.84. The van der Waals surface area contributed by atoms with E-state index in [0.717, 1.165) is 45.3 Å². The Morgan fingerprint density at radius 2 is 2.29 bits per heavy atom. The number of aliphatic hydroxyl groups excluding tert-OH is 1. The predicted octanol–water partition coefficient (Wildman–Crippen LogP) is -0.125. The quantitative estimate of drug-likeness (QED) is 0.524. The molecule has 0 saturated carbocycles. The monoisotopic (exact) mass is 200 g/mol. The minimum atomic E-state index is 0.174. The van der Waals surface area contributed by atoms with Gasteiger partial charge in [-0.3, -0.25) is 4.79 Å². The van der Waals surface area contributed by atoms with Crippen molar-refractivity contribution in [3.8, 4) is 0 Å². The molecule has 0 aromatic rings. The van der Waals surface area contributed by atoms with Gasteiger partial charge in [0.2, 0.25) is 5.91 Å². The van der Waals surface area contributed by atoms with E-state index in [1.165, 1.54) is 0 Å². The minimum absolute atomic E-state index is 0.174. The number of hydrogen-bond acceptors (Lipinski definition) is 3. The van der Waals surface area contributed by atoms with Crippen LogP contribution in [0.2, 0.25) is 0 Å². The molecule has 0 bridgehead atoms. The first-order valence-electron chi connectivity index (χ1n) is 5.44. The lowest BCUT2D eigenvalue weighted by Gasteiger charge is -2.09. The molecule has 0 spiro atoms. The topological polar surface area (TPSA) is 61.4 Å². The maximum absolute atomic E-state index is 11.5. The summed E-state index contributed by atoms with van der Waals surface area (Å²) in [6, 6.07) is 0. The van der Waals surface area contributed by atoms with E-state index in [9.17, 15) is 4.79 Å². The molecule has 1 rings (SSSR count). The number of rotatable bonds is 6. The van der Waals surface area contributed by atoms with E-state index in [4.69, 9.17) is 5.11 Å². The van der Waals surface area contributed by atoms with Crippen LogP contribution in [0.1, 0.15) is 25.7 Å². The third kappa shape index (κ3) is 4.07. The van der Waals surface area contributed by atoms with E-state index in [2.05, 4.69) is 10.6 Å². The fourth-order valence-electron chi connectivity index (χ4n) is 1.65. The summed E-state index contributed by atoms with van der Waals surface area (Å²) in [7, 11) is 0. The van der Waals surface area contributed by atoms with Crippen LogP contribution in [0, 0.1) is 5.92 Å². The highest BCUT2D eigenvalue weighted by atomic mass is 16.2. The number of hydrogen-bond donors (Lipinski definition) is 3. The van der Waals surface area contributed by atoms with Crippen molar-refractivity contribution in [3.63, 3.8) is 0 Å². The molecule has 1 atom stereocenters. The Balaban J connectivity index is 1.97. The number of aliphatic hydroxyl groups is 1. The number of amides is 1. The Morgan fingerprint density at radius 3 is 2.93 bits per heavy atom. The molecule has 4 nitrogen and oxygen atoms in total. The Hall–Kier alpha value is -0.610. The van der Waals surface area contributed by atoms with Gasteiger partial charge in [-0.15, -0.1) is 0 Å². The summed E-state index contributed by atoms with van der Waals surface area (Å²) in [4.78, 5) is 11.5.